The van der Waals surface area contributed by atoms with Gasteiger partial charge in [0.05, 0.1) is 7.11 Å². The van der Waals surface area contributed by atoms with Crippen LogP contribution >= 0.6 is 31.9 Å². The van der Waals surface area contributed by atoms with Crippen LogP contribution in [0, 0.1) is 0 Å². The van der Waals surface area contributed by atoms with Crippen LogP contribution < -0.4 is 4.74 Å². The fourth-order valence-electron chi connectivity index (χ4n) is 2.13. The number of alkyl halides is 1. The molecule has 1 unspecified atom stereocenters. The molecule has 0 saturated carbocycles. The number of methoxy groups -OCH3 is 1. The van der Waals surface area contributed by atoms with E-state index in [-0.39, 0.29) is 0 Å². The molecule has 2 aromatic carbocycles. The Kier molecular flexibility index (Phi) is 5.46. The normalized spacial score (nSPS) is 12.2. The molecule has 0 radical (unpaired) electrons. The number of hydrogen-bond acceptors (Lipinski definition) is 1. The molecule has 100 valence electrons. The summed E-state index contributed by atoms with van der Waals surface area (Å²) in [4.78, 5) is 0. The quantitative estimate of drug-likeness (QED) is 0.646. The molecular formula is C16H16Br2O. The van der Waals surface area contributed by atoms with Crippen LogP contribution in [0.25, 0.3) is 0 Å². The molecule has 1 nitrogen and oxygen atoms in total. The van der Waals surface area contributed by atoms with Gasteiger partial charge in [0.1, 0.15) is 5.75 Å². The van der Waals surface area contributed by atoms with Crippen molar-refractivity contribution in [3.8, 4) is 5.75 Å². The average molecular weight is 384 g/mol. The highest BCUT2D eigenvalue weighted by atomic mass is 79.9. The second-order valence-electron chi connectivity index (χ2n) is 4.42. The van der Waals surface area contributed by atoms with Gasteiger partial charge in [-0.15, -0.1) is 0 Å². The predicted octanol–water partition coefficient (Wildman–Crippen LogP) is 5.18. The van der Waals surface area contributed by atoms with Gasteiger partial charge in [-0.05, 0) is 41.7 Å². The van der Waals surface area contributed by atoms with E-state index in [0.29, 0.717) is 5.92 Å². The maximum absolute atomic E-state index is 5.42. The van der Waals surface area contributed by atoms with Crippen molar-refractivity contribution in [3.05, 3.63) is 64.1 Å². The second-order valence-corrected chi connectivity index (χ2v) is 5.98. The van der Waals surface area contributed by atoms with Crippen molar-refractivity contribution in [2.75, 3.05) is 12.4 Å². The summed E-state index contributed by atoms with van der Waals surface area (Å²) in [5, 5.41) is 0.937. The largest absolute Gasteiger partial charge is 0.496 e. The number of ether oxygens (including phenoxy) is 1. The van der Waals surface area contributed by atoms with Crippen molar-refractivity contribution in [2.24, 2.45) is 0 Å². The lowest BCUT2D eigenvalue weighted by Gasteiger charge is -2.16. The van der Waals surface area contributed by atoms with Crippen molar-refractivity contribution >= 4 is 31.9 Å². The molecule has 0 aliphatic heterocycles. The van der Waals surface area contributed by atoms with E-state index in [0.717, 1.165) is 22.0 Å². The van der Waals surface area contributed by atoms with E-state index in [1.54, 1.807) is 7.11 Å². The molecule has 2 aromatic rings. The van der Waals surface area contributed by atoms with E-state index in [2.05, 4.69) is 68.3 Å². The third-order valence-electron chi connectivity index (χ3n) is 3.19. The first-order valence-electron chi connectivity index (χ1n) is 6.18. The van der Waals surface area contributed by atoms with Crippen LogP contribution in [0.1, 0.15) is 17.0 Å². The Bertz CT molecular complexity index is 523. The Hall–Kier alpha value is -0.800. The van der Waals surface area contributed by atoms with Crippen LogP contribution in [-0.4, -0.2) is 12.4 Å². The minimum absolute atomic E-state index is 0.449. The van der Waals surface area contributed by atoms with Gasteiger partial charge in [0, 0.05) is 9.80 Å². The summed E-state index contributed by atoms with van der Waals surface area (Å²) < 4.78 is 6.54. The highest BCUT2D eigenvalue weighted by molar-refractivity contribution is 9.10. The Labute approximate surface area is 131 Å². The Morgan fingerprint density at radius 1 is 1.05 bits per heavy atom. The molecule has 0 amide bonds. The third kappa shape index (κ3) is 3.83. The molecule has 2 rings (SSSR count). The van der Waals surface area contributed by atoms with Gasteiger partial charge in [0.2, 0.25) is 0 Å². The molecule has 0 spiro atoms. The Morgan fingerprint density at radius 2 is 1.74 bits per heavy atom. The second kappa shape index (κ2) is 7.11. The average Bonchev–Trinajstić information content (AvgIpc) is 2.46. The van der Waals surface area contributed by atoms with Gasteiger partial charge in [-0.3, -0.25) is 0 Å². The summed E-state index contributed by atoms with van der Waals surface area (Å²) in [6.45, 7) is 0. The summed E-state index contributed by atoms with van der Waals surface area (Å²) in [7, 11) is 1.72. The summed E-state index contributed by atoms with van der Waals surface area (Å²) in [5.41, 5.74) is 2.59. The molecule has 0 saturated heterocycles. The zero-order valence-corrected chi connectivity index (χ0v) is 13.9. The van der Waals surface area contributed by atoms with E-state index < -0.39 is 0 Å². The minimum atomic E-state index is 0.449. The summed E-state index contributed by atoms with van der Waals surface area (Å²) in [6.07, 6.45) is 0.969. The van der Waals surface area contributed by atoms with Crippen molar-refractivity contribution in [2.45, 2.75) is 12.3 Å². The number of halogens is 2. The standard InChI is InChI=1S/C16H16Br2O/c1-19-16-5-3-2-4-13(16)10-14(11-17)12-6-8-15(18)9-7-12/h2-9,14H,10-11H2,1H3. The van der Waals surface area contributed by atoms with Gasteiger partial charge in [-0.2, -0.15) is 0 Å². The van der Waals surface area contributed by atoms with Gasteiger partial charge in [-0.25, -0.2) is 0 Å². The smallest absolute Gasteiger partial charge is 0.122 e. The molecule has 0 fully saturated rings. The van der Waals surface area contributed by atoms with Gasteiger partial charge in [-0.1, -0.05) is 62.2 Å². The Balaban J connectivity index is 2.21. The minimum Gasteiger partial charge on any atom is -0.496 e. The SMILES string of the molecule is COc1ccccc1CC(CBr)c1ccc(Br)cc1. The number of hydrogen-bond donors (Lipinski definition) is 0. The van der Waals surface area contributed by atoms with Crippen LogP contribution in [0.4, 0.5) is 0 Å². The van der Waals surface area contributed by atoms with Crippen LogP contribution in [-0.2, 0) is 6.42 Å². The first-order chi connectivity index (χ1) is 9.24. The fourth-order valence-corrected chi connectivity index (χ4v) is 3.00. The van der Waals surface area contributed by atoms with Gasteiger partial charge >= 0.3 is 0 Å². The molecule has 0 aliphatic rings. The van der Waals surface area contributed by atoms with E-state index in [1.165, 1.54) is 11.1 Å². The first kappa shape index (κ1) is 14.6. The predicted molar refractivity (Wildman–Crippen MR) is 87.4 cm³/mol. The van der Waals surface area contributed by atoms with Crippen molar-refractivity contribution in [3.63, 3.8) is 0 Å². The monoisotopic (exact) mass is 382 g/mol. The zero-order valence-electron chi connectivity index (χ0n) is 10.8. The van der Waals surface area contributed by atoms with Crippen molar-refractivity contribution < 1.29 is 4.74 Å². The van der Waals surface area contributed by atoms with E-state index >= 15 is 0 Å². The molecule has 0 N–H and O–H groups in total. The van der Waals surface area contributed by atoms with Crippen molar-refractivity contribution in [1.29, 1.82) is 0 Å². The summed E-state index contributed by atoms with van der Waals surface area (Å²) in [5.74, 6) is 1.41. The fraction of sp³-hybridized carbons (Fsp3) is 0.250. The van der Waals surface area contributed by atoms with Gasteiger partial charge in [0.25, 0.3) is 0 Å². The molecule has 3 heteroatoms. The van der Waals surface area contributed by atoms with Crippen molar-refractivity contribution in [1.82, 2.24) is 0 Å². The van der Waals surface area contributed by atoms with Crippen LogP contribution in [0.5, 0.6) is 5.75 Å². The maximum Gasteiger partial charge on any atom is 0.122 e. The summed E-state index contributed by atoms with van der Waals surface area (Å²) in [6, 6.07) is 16.7. The van der Waals surface area contributed by atoms with Crippen LogP contribution in [0.15, 0.2) is 53.0 Å². The molecule has 0 bridgehead atoms. The first-order valence-corrected chi connectivity index (χ1v) is 8.09. The number of rotatable bonds is 5. The van der Waals surface area contributed by atoms with Gasteiger partial charge in [0.15, 0.2) is 0 Å². The molecule has 1 atom stereocenters. The molecule has 0 heterocycles. The summed E-state index contributed by atoms with van der Waals surface area (Å²) >= 11 is 7.10. The van der Waals surface area contributed by atoms with Gasteiger partial charge < -0.3 is 4.74 Å². The zero-order chi connectivity index (χ0) is 13.7. The number of benzene rings is 2. The molecule has 0 aliphatic carbocycles. The lowest BCUT2D eigenvalue weighted by atomic mass is 9.93. The van der Waals surface area contributed by atoms with Crippen LogP contribution in [0.2, 0.25) is 0 Å². The van der Waals surface area contributed by atoms with Crippen LogP contribution in [0.3, 0.4) is 0 Å². The van der Waals surface area contributed by atoms with E-state index in [4.69, 9.17) is 4.74 Å². The third-order valence-corrected chi connectivity index (χ3v) is 4.50. The molecule has 0 aromatic heterocycles. The molecular weight excluding hydrogens is 368 g/mol. The van der Waals surface area contributed by atoms with E-state index in [1.807, 2.05) is 12.1 Å². The lowest BCUT2D eigenvalue weighted by molar-refractivity contribution is 0.408. The lowest BCUT2D eigenvalue weighted by Crippen LogP contribution is -2.05. The number of para-hydroxylation sites is 1. The topological polar surface area (TPSA) is 9.23 Å². The Morgan fingerprint density at radius 3 is 2.37 bits per heavy atom. The highest BCUT2D eigenvalue weighted by Crippen LogP contribution is 2.28. The maximum atomic E-state index is 5.42. The van der Waals surface area contributed by atoms with E-state index in [9.17, 15) is 0 Å². The highest BCUT2D eigenvalue weighted by Gasteiger charge is 2.13. The molecule has 19 heavy (non-hydrogen) atoms.